The molecule has 1 atom stereocenters. The lowest BCUT2D eigenvalue weighted by atomic mass is 10.1. The maximum absolute atomic E-state index is 12.3. The molecule has 0 aliphatic carbocycles. The summed E-state index contributed by atoms with van der Waals surface area (Å²) in [4.78, 5) is 14.4. The molecule has 1 aliphatic rings. The minimum Gasteiger partial charge on any atom is -0.508 e. The van der Waals surface area contributed by atoms with Gasteiger partial charge in [-0.2, -0.15) is 5.10 Å². The highest BCUT2D eigenvalue weighted by molar-refractivity contribution is 6.00. The Morgan fingerprint density at radius 2 is 1.77 bits per heavy atom. The second kappa shape index (κ2) is 10.7. The summed E-state index contributed by atoms with van der Waals surface area (Å²) in [5.41, 5.74) is 4.38. The summed E-state index contributed by atoms with van der Waals surface area (Å²) in [6.45, 7) is 5.50. The van der Waals surface area contributed by atoms with Crippen LogP contribution in [-0.2, 0) is 4.74 Å². The van der Waals surface area contributed by atoms with Crippen molar-refractivity contribution in [1.29, 1.82) is 0 Å². The zero-order valence-electron chi connectivity index (χ0n) is 17.0. The summed E-state index contributed by atoms with van der Waals surface area (Å²) < 4.78 is 10.9. The van der Waals surface area contributed by atoms with Crippen LogP contribution in [0, 0.1) is 0 Å². The van der Waals surface area contributed by atoms with Gasteiger partial charge in [0.05, 0.1) is 18.9 Å². The smallest absolute Gasteiger partial charge is 0.271 e. The van der Waals surface area contributed by atoms with Gasteiger partial charge in [-0.15, -0.1) is 0 Å². The lowest BCUT2D eigenvalue weighted by molar-refractivity contribution is 0.00465. The second-order valence-electron chi connectivity index (χ2n) is 7.09. The average Bonchev–Trinajstić information content (AvgIpc) is 2.77. The summed E-state index contributed by atoms with van der Waals surface area (Å²) in [7, 11) is 0. The van der Waals surface area contributed by atoms with E-state index in [4.69, 9.17) is 9.47 Å². The number of rotatable bonds is 8. The molecule has 160 valence electrons. The molecule has 8 nitrogen and oxygen atoms in total. The van der Waals surface area contributed by atoms with Crippen LogP contribution < -0.4 is 10.2 Å². The molecule has 3 rings (SSSR count). The van der Waals surface area contributed by atoms with Crippen LogP contribution in [-0.4, -0.2) is 72.3 Å². The highest BCUT2D eigenvalue weighted by atomic mass is 16.5. The first-order chi connectivity index (χ1) is 14.5. The number of hydrogen-bond donors (Lipinski definition) is 3. The molecule has 0 saturated carbocycles. The number of morpholine rings is 1. The van der Waals surface area contributed by atoms with Crippen molar-refractivity contribution in [1.82, 2.24) is 10.3 Å². The summed E-state index contributed by atoms with van der Waals surface area (Å²) in [5, 5.41) is 23.6. The number of ether oxygens (including phenoxy) is 2. The molecule has 3 N–H and O–H groups in total. The van der Waals surface area contributed by atoms with E-state index in [0.717, 1.165) is 18.7 Å². The number of β-amino-alcohol motifs (C(OH)–C–C–N with tert-alkyl or cyclic N) is 1. The lowest BCUT2D eigenvalue weighted by Gasteiger charge is -2.28. The predicted molar refractivity (Wildman–Crippen MR) is 113 cm³/mol. The number of benzene rings is 2. The van der Waals surface area contributed by atoms with Gasteiger partial charge >= 0.3 is 0 Å². The number of nitrogens with one attached hydrogen (secondary N) is 1. The van der Waals surface area contributed by atoms with E-state index in [9.17, 15) is 15.0 Å². The number of hydrogen-bond acceptors (Lipinski definition) is 7. The molecule has 2 aromatic carbocycles. The van der Waals surface area contributed by atoms with Crippen LogP contribution in [0.3, 0.4) is 0 Å². The van der Waals surface area contributed by atoms with Crippen molar-refractivity contribution in [2.75, 3.05) is 39.5 Å². The number of hydrazone groups is 1. The van der Waals surface area contributed by atoms with Gasteiger partial charge in [0.1, 0.15) is 24.2 Å². The van der Waals surface area contributed by atoms with Gasteiger partial charge in [-0.05, 0) is 61.0 Å². The standard InChI is InChI=1S/C22H27N3O5/c1-16(17-2-6-19(26)7-3-17)23-24-22(28)18-4-8-21(9-5-18)30-15-20(27)14-25-10-12-29-13-11-25/h2-9,20,26-27H,10-15H2,1H3,(H,24,28)/b23-16-/t20-/m1/s1. The van der Waals surface area contributed by atoms with Crippen LogP contribution in [0.5, 0.6) is 11.5 Å². The largest absolute Gasteiger partial charge is 0.508 e. The van der Waals surface area contributed by atoms with Crippen molar-refractivity contribution >= 4 is 11.6 Å². The van der Waals surface area contributed by atoms with Crippen molar-refractivity contribution in [2.45, 2.75) is 13.0 Å². The molecule has 2 aromatic rings. The number of aliphatic hydroxyl groups is 1. The van der Waals surface area contributed by atoms with E-state index < -0.39 is 6.10 Å². The molecule has 1 saturated heterocycles. The Bertz CT molecular complexity index is 846. The number of phenolic OH excluding ortho intramolecular Hbond substituents is 1. The number of aliphatic hydroxyl groups excluding tert-OH is 1. The molecule has 0 aromatic heterocycles. The molecule has 1 fully saturated rings. The summed E-state index contributed by atoms with van der Waals surface area (Å²) in [6, 6.07) is 13.2. The van der Waals surface area contributed by atoms with Crippen molar-refractivity contribution in [3.8, 4) is 11.5 Å². The second-order valence-corrected chi connectivity index (χ2v) is 7.09. The summed E-state index contributed by atoms with van der Waals surface area (Å²) in [6.07, 6.45) is -0.594. The first-order valence-electron chi connectivity index (χ1n) is 9.86. The minimum absolute atomic E-state index is 0.173. The molecular weight excluding hydrogens is 386 g/mol. The first-order valence-corrected chi connectivity index (χ1v) is 9.86. The maximum Gasteiger partial charge on any atom is 0.271 e. The van der Waals surface area contributed by atoms with Crippen LogP contribution in [0.2, 0.25) is 0 Å². The fourth-order valence-electron chi connectivity index (χ4n) is 3.00. The highest BCUT2D eigenvalue weighted by Gasteiger charge is 2.15. The highest BCUT2D eigenvalue weighted by Crippen LogP contribution is 2.13. The van der Waals surface area contributed by atoms with E-state index in [1.54, 1.807) is 55.5 Å². The third-order valence-electron chi connectivity index (χ3n) is 4.74. The fourth-order valence-corrected chi connectivity index (χ4v) is 3.00. The van der Waals surface area contributed by atoms with Crippen molar-refractivity contribution in [3.63, 3.8) is 0 Å². The topological polar surface area (TPSA) is 104 Å². The van der Waals surface area contributed by atoms with E-state index in [1.165, 1.54) is 0 Å². The third-order valence-corrected chi connectivity index (χ3v) is 4.74. The SMILES string of the molecule is C/C(=N/NC(=O)c1ccc(OC[C@H](O)CN2CCOCC2)cc1)c1ccc(O)cc1. The quantitative estimate of drug-likeness (QED) is 0.449. The Morgan fingerprint density at radius 1 is 1.13 bits per heavy atom. The van der Waals surface area contributed by atoms with E-state index in [2.05, 4.69) is 15.4 Å². The van der Waals surface area contributed by atoms with Gasteiger partial charge < -0.3 is 19.7 Å². The summed E-state index contributed by atoms with van der Waals surface area (Å²) in [5.74, 6) is 0.412. The Morgan fingerprint density at radius 3 is 2.43 bits per heavy atom. The van der Waals surface area contributed by atoms with Crippen LogP contribution in [0.15, 0.2) is 53.6 Å². The van der Waals surface area contributed by atoms with Gasteiger partial charge in [0.2, 0.25) is 0 Å². The van der Waals surface area contributed by atoms with Gasteiger partial charge in [0.25, 0.3) is 5.91 Å². The number of carbonyl (C=O) groups excluding carboxylic acids is 1. The summed E-state index contributed by atoms with van der Waals surface area (Å²) >= 11 is 0. The molecular formula is C22H27N3O5. The number of carbonyl (C=O) groups is 1. The molecule has 0 radical (unpaired) electrons. The van der Waals surface area contributed by atoms with Crippen molar-refractivity contribution in [3.05, 3.63) is 59.7 Å². The van der Waals surface area contributed by atoms with E-state index in [-0.39, 0.29) is 18.3 Å². The van der Waals surface area contributed by atoms with Gasteiger partial charge in [-0.1, -0.05) is 0 Å². The Hall–Kier alpha value is -2.94. The number of aromatic hydroxyl groups is 1. The molecule has 1 amide bonds. The molecule has 0 unspecified atom stereocenters. The lowest BCUT2D eigenvalue weighted by Crippen LogP contribution is -2.42. The Labute approximate surface area is 175 Å². The number of amides is 1. The van der Waals surface area contributed by atoms with Crippen LogP contribution in [0.25, 0.3) is 0 Å². The monoisotopic (exact) mass is 413 g/mol. The van der Waals surface area contributed by atoms with E-state index in [1.807, 2.05) is 0 Å². The van der Waals surface area contributed by atoms with Gasteiger partial charge in [0.15, 0.2) is 0 Å². The van der Waals surface area contributed by atoms with Gasteiger partial charge in [-0.25, -0.2) is 5.43 Å². The van der Waals surface area contributed by atoms with Gasteiger partial charge in [0, 0.05) is 25.2 Å². The zero-order chi connectivity index (χ0) is 21.3. The average molecular weight is 413 g/mol. The van der Waals surface area contributed by atoms with Crippen molar-refractivity contribution in [2.24, 2.45) is 5.10 Å². The number of phenols is 1. The van der Waals surface area contributed by atoms with Crippen LogP contribution >= 0.6 is 0 Å². The molecule has 0 bridgehead atoms. The maximum atomic E-state index is 12.3. The zero-order valence-corrected chi connectivity index (χ0v) is 17.0. The van der Waals surface area contributed by atoms with Crippen LogP contribution in [0.1, 0.15) is 22.8 Å². The van der Waals surface area contributed by atoms with Gasteiger partial charge in [-0.3, -0.25) is 9.69 Å². The predicted octanol–water partition coefficient (Wildman–Crippen LogP) is 1.62. The third kappa shape index (κ3) is 6.55. The Kier molecular flexibility index (Phi) is 7.78. The molecule has 30 heavy (non-hydrogen) atoms. The molecule has 1 heterocycles. The van der Waals surface area contributed by atoms with E-state index >= 15 is 0 Å². The van der Waals surface area contributed by atoms with Crippen molar-refractivity contribution < 1.29 is 24.5 Å². The molecule has 0 spiro atoms. The van der Waals surface area contributed by atoms with E-state index in [0.29, 0.717) is 36.8 Å². The fraction of sp³-hybridized carbons (Fsp3) is 0.364. The van der Waals surface area contributed by atoms with Crippen LogP contribution in [0.4, 0.5) is 0 Å². The number of nitrogens with zero attached hydrogens (tertiary/aromatic N) is 2. The Balaban J connectivity index is 1.46. The first kappa shape index (κ1) is 21.8. The normalized spacial score (nSPS) is 16.1. The minimum atomic E-state index is -0.594. The molecule has 8 heteroatoms. The molecule has 1 aliphatic heterocycles.